The van der Waals surface area contributed by atoms with Crippen LogP contribution in [-0.4, -0.2) is 60.5 Å². The van der Waals surface area contributed by atoms with E-state index in [0.29, 0.717) is 19.3 Å². The lowest BCUT2D eigenvalue weighted by molar-refractivity contribution is -0.161. The second kappa shape index (κ2) is 37.5. The average molecular weight is 758 g/mol. The summed E-state index contributed by atoms with van der Waals surface area (Å²) in [6.07, 6.45) is 36.2. The molecular weight excluding hydrogens is 681 g/mol. The van der Waals surface area contributed by atoms with E-state index in [1.165, 1.54) is 70.6 Å². The summed E-state index contributed by atoms with van der Waals surface area (Å²) in [6, 6.07) is 0. The molecule has 0 radical (unpaired) electrons. The van der Waals surface area contributed by atoms with Crippen molar-refractivity contribution in [2.75, 3.05) is 26.4 Å². The van der Waals surface area contributed by atoms with Crippen LogP contribution in [0.2, 0.25) is 0 Å². The van der Waals surface area contributed by atoms with Crippen LogP contribution in [0.3, 0.4) is 0 Å². The summed E-state index contributed by atoms with van der Waals surface area (Å²) >= 11 is 0. The van der Waals surface area contributed by atoms with Crippen LogP contribution in [0, 0.1) is 0 Å². The van der Waals surface area contributed by atoms with E-state index in [2.05, 4.69) is 32.1 Å². The summed E-state index contributed by atoms with van der Waals surface area (Å²) in [4.78, 5) is 34.8. The normalized spacial score (nSPS) is 14.3. The molecule has 11 heteroatoms. The van der Waals surface area contributed by atoms with Crippen LogP contribution in [0.1, 0.15) is 174 Å². The Morgan fingerprint density at radius 3 is 1.77 bits per heavy atom. The van der Waals surface area contributed by atoms with E-state index in [-0.39, 0.29) is 32.6 Å². The highest BCUT2D eigenvalue weighted by atomic mass is 31.2. The molecule has 0 saturated heterocycles. The number of aliphatic hydroxyl groups is 1. The van der Waals surface area contributed by atoms with Crippen LogP contribution in [0.15, 0.2) is 36.5 Å². The molecular formula is C41H76NO9P. The second-order valence-electron chi connectivity index (χ2n) is 13.7. The molecule has 0 aliphatic heterocycles. The van der Waals surface area contributed by atoms with Gasteiger partial charge in [-0.2, -0.15) is 0 Å². The molecule has 0 bridgehead atoms. The van der Waals surface area contributed by atoms with Gasteiger partial charge >= 0.3 is 19.8 Å². The highest BCUT2D eigenvalue weighted by molar-refractivity contribution is 7.47. The van der Waals surface area contributed by atoms with Crippen molar-refractivity contribution in [3.63, 3.8) is 0 Å². The molecule has 0 aromatic carbocycles. The molecule has 0 fully saturated rings. The number of esters is 2. The lowest BCUT2D eigenvalue weighted by atomic mass is 10.0. The quantitative estimate of drug-likeness (QED) is 0.0182. The number of carbonyl (C=O) groups excluding carboxylic acids is 2. The third-order valence-electron chi connectivity index (χ3n) is 8.64. The van der Waals surface area contributed by atoms with Gasteiger partial charge in [-0.3, -0.25) is 18.6 Å². The fourth-order valence-corrected chi connectivity index (χ4v) is 6.35. The van der Waals surface area contributed by atoms with Crippen LogP contribution in [0.5, 0.6) is 0 Å². The molecule has 10 nitrogen and oxygen atoms in total. The number of hydrogen-bond acceptors (Lipinski definition) is 9. The summed E-state index contributed by atoms with van der Waals surface area (Å²) in [7, 11) is -4.39. The molecule has 0 rings (SSSR count). The van der Waals surface area contributed by atoms with Gasteiger partial charge in [0.25, 0.3) is 0 Å². The molecule has 2 unspecified atom stereocenters. The molecule has 0 saturated carbocycles. The predicted octanol–water partition coefficient (Wildman–Crippen LogP) is 10.4. The minimum Gasteiger partial charge on any atom is -0.462 e. The summed E-state index contributed by atoms with van der Waals surface area (Å²) in [5.41, 5.74) is 5.33. The Morgan fingerprint density at radius 2 is 1.21 bits per heavy atom. The monoisotopic (exact) mass is 758 g/mol. The predicted molar refractivity (Wildman–Crippen MR) is 212 cm³/mol. The number of aliphatic hydroxyl groups excluding tert-OH is 1. The summed E-state index contributed by atoms with van der Waals surface area (Å²) < 4.78 is 32.7. The summed E-state index contributed by atoms with van der Waals surface area (Å²) in [5, 5.41) is 10.1. The van der Waals surface area contributed by atoms with E-state index >= 15 is 0 Å². The SMILES string of the molecule is CC/C=C/C/C=C/C=C/C(O)CCCCCCCC(=O)OC[C@H](COP(=O)(O)OCCN)OC(=O)CCCCCCCCCCCCCCCCC. The Balaban J connectivity index is 4.25. The van der Waals surface area contributed by atoms with Gasteiger partial charge in [0.2, 0.25) is 0 Å². The fourth-order valence-electron chi connectivity index (χ4n) is 5.58. The van der Waals surface area contributed by atoms with Crippen molar-refractivity contribution in [3.8, 4) is 0 Å². The van der Waals surface area contributed by atoms with E-state index in [1.807, 2.05) is 12.2 Å². The standard InChI is InChI=1S/C41H76NO9P/c1-3-5-7-9-11-12-13-14-15-16-17-18-20-24-29-33-41(45)51-39(37-50-52(46,47)49-35-34-42)36-48-40(44)32-28-25-21-23-27-31-38(43)30-26-22-19-10-8-6-4-2/h6,8,19,22,26,30,38-39,43H,3-5,7,9-18,20-21,23-25,27-29,31-37,42H2,1-2H3,(H,46,47)/b8-6+,22-19+,30-26+/t38?,39-/m1/s1. The molecule has 4 N–H and O–H groups in total. The van der Waals surface area contributed by atoms with Crippen molar-refractivity contribution in [2.45, 2.75) is 187 Å². The number of ether oxygens (including phenoxy) is 2. The Kier molecular flexibility index (Phi) is 36.2. The van der Waals surface area contributed by atoms with Crippen molar-refractivity contribution in [2.24, 2.45) is 5.73 Å². The third kappa shape index (κ3) is 36.5. The second-order valence-corrected chi connectivity index (χ2v) is 15.1. The van der Waals surface area contributed by atoms with Gasteiger partial charge in [-0.25, -0.2) is 4.57 Å². The molecule has 0 aromatic rings. The van der Waals surface area contributed by atoms with Crippen molar-refractivity contribution < 1.29 is 42.7 Å². The highest BCUT2D eigenvalue weighted by Gasteiger charge is 2.26. The van der Waals surface area contributed by atoms with Gasteiger partial charge in [0.15, 0.2) is 6.10 Å². The molecule has 52 heavy (non-hydrogen) atoms. The van der Waals surface area contributed by atoms with Gasteiger partial charge < -0.3 is 25.2 Å². The smallest absolute Gasteiger partial charge is 0.462 e. The molecule has 0 amide bonds. The van der Waals surface area contributed by atoms with Crippen LogP contribution < -0.4 is 5.73 Å². The Bertz CT molecular complexity index is 972. The molecule has 0 aromatic heterocycles. The Morgan fingerprint density at radius 1 is 0.673 bits per heavy atom. The van der Waals surface area contributed by atoms with Crippen LogP contribution in [0.25, 0.3) is 0 Å². The maximum absolute atomic E-state index is 12.6. The van der Waals surface area contributed by atoms with Crippen molar-refractivity contribution in [3.05, 3.63) is 36.5 Å². The zero-order valence-corrected chi connectivity index (χ0v) is 33.8. The molecule has 0 aliphatic rings. The van der Waals surface area contributed by atoms with E-state index < -0.39 is 38.6 Å². The summed E-state index contributed by atoms with van der Waals surface area (Å²) in [5.74, 6) is -0.902. The van der Waals surface area contributed by atoms with Gasteiger partial charge in [0, 0.05) is 19.4 Å². The molecule has 0 heterocycles. The lowest BCUT2D eigenvalue weighted by Gasteiger charge is -2.19. The molecule has 3 atom stereocenters. The summed E-state index contributed by atoms with van der Waals surface area (Å²) in [6.45, 7) is 3.49. The Labute approximate surface area is 317 Å². The first-order valence-electron chi connectivity index (χ1n) is 20.6. The van der Waals surface area contributed by atoms with Gasteiger partial charge in [-0.05, 0) is 32.1 Å². The number of hydrogen-bond donors (Lipinski definition) is 3. The van der Waals surface area contributed by atoms with Crippen molar-refractivity contribution >= 4 is 19.8 Å². The maximum atomic E-state index is 12.6. The van der Waals surface area contributed by atoms with Gasteiger partial charge in [0.1, 0.15) is 6.61 Å². The largest absolute Gasteiger partial charge is 0.472 e. The number of unbranched alkanes of at least 4 members (excludes halogenated alkanes) is 18. The lowest BCUT2D eigenvalue weighted by Crippen LogP contribution is -2.29. The average Bonchev–Trinajstić information content (AvgIpc) is 3.12. The van der Waals surface area contributed by atoms with Crippen molar-refractivity contribution in [1.82, 2.24) is 0 Å². The van der Waals surface area contributed by atoms with Gasteiger partial charge in [-0.1, -0.05) is 166 Å². The van der Waals surface area contributed by atoms with Gasteiger partial charge in [-0.15, -0.1) is 0 Å². The number of phosphoric acid groups is 1. The maximum Gasteiger partial charge on any atom is 0.472 e. The third-order valence-corrected chi connectivity index (χ3v) is 9.63. The molecule has 0 spiro atoms. The number of phosphoric ester groups is 1. The van der Waals surface area contributed by atoms with Gasteiger partial charge in [0.05, 0.1) is 19.3 Å². The minimum absolute atomic E-state index is 0.0396. The zero-order chi connectivity index (χ0) is 38.4. The topological polar surface area (TPSA) is 155 Å². The Hall–Kier alpha value is -1.81. The van der Waals surface area contributed by atoms with Crippen LogP contribution in [-0.2, 0) is 32.7 Å². The number of carbonyl (C=O) groups is 2. The van der Waals surface area contributed by atoms with Crippen molar-refractivity contribution in [1.29, 1.82) is 0 Å². The first-order chi connectivity index (χ1) is 25.2. The van der Waals surface area contributed by atoms with E-state index in [9.17, 15) is 24.2 Å². The van der Waals surface area contributed by atoms with E-state index in [4.69, 9.17) is 24.3 Å². The highest BCUT2D eigenvalue weighted by Crippen LogP contribution is 2.43. The zero-order valence-electron chi connectivity index (χ0n) is 32.9. The number of allylic oxidation sites excluding steroid dienone is 5. The van der Waals surface area contributed by atoms with Crippen LogP contribution in [0.4, 0.5) is 0 Å². The fraction of sp³-hybridized carbons (Fsp3) is 0.805. The molecule has 304 valence electrons. The minimum atomic E-state index is -4.39. The van der Waals surface area contributed by atoms with E-state index in [0.717, 1.165) is 57.8 Å². The first kappa shape index (κ1) is 50.2. The number of nitrogens with two attached hydrogens (primary N) is 1. The first-order valence-corrected chi connectivity index (χ1v) is 22.1. The van der Waals surface area contributed by atoms with Crippen LogP contribution >= 0.6 is 7.82 Å². The van der Waals surface area contributed by atoms with E-state index in [1.54, 1.807) is 6.08 Å². The number of rotatable bonds is 38. The molecule has 0 aliphatic carbocycles.